The molecule has 1 heterocycles. The van der Waals surface area contributed by atoms with Gasteiger partial charge in [-0.15, -0.1) is 0 Å². The van der Waals surface area contributed by atoms with E-state index in [0.717, 1.165) is 36.3 Å². The number of anilines is 1. The SMILES string of the molecule is Cc1cccc(C)c1NC(=O)CNC(=O)[C@H](C)[NH+]1CCc2ccccc2C1. The number of nitrogens with one attached hydrogen (secondary N) is 3. The average molecular weight is 366 g/mol. The largest absolute Gasteiger partial charge is 0.342 e. The third kappa shape index (κ3) is 4.55. The van der Waals surface area contributed by atoms with E-state index in [1.54, 1.807) is 0 Å². The summed E-state index contributed by atoms with van der Waals surface area (Å²) in [6.07, 6.45) is 0.982. The van der Waals surface area contributed by atoms with Crippen LogP contribution in [0.1, 0.15) is 29.2 Å². The summed E-state index contributed by atoms with van der Waals surface area (Å²) in [4.78, 5) is 26.0. The Kier molecular flexibility index (Phi) is 5.91. The molecule has 5 heteroatoms. The fourth-order valence-electron chi connectivity index (χ4n) is 3.67. The lowest BCUT2D eigenvalue weighted by atomic mass is 9.99. The molecule has 0 bridgehead atoms. The Labute approximate surface area is 160 Å². The summed E-state index contributed by atoms with van der Waals surface area (Å²) in [6.45, 7) is 7.62. The third-order valence-corrected chi connectivity index (χ3v) is 5.43. The Morgan fingerprint density at radius 3 is 2.41 bits per heavy atom. The molecule has 2 atom stereocenters. The average Bonchev–Trinajstić information content (AvgIpc) is 2.68. The second-order valence-electron chi connectivity index (χ2n) is 7.36. The van der Waals surface area contributed by atoms with Crippen molar-refractivity contribution in [3.63, 3.8) is 0 Å². The molecule has 2 aromatic carbocycles. The van der Waals surface area contributed by atoms with Gasteiger partial charge in [0.15, 0.2) is 6.04 Å². The van der Waals surface area contributed by atoms with Crippen molar-refractivity contribution in [1.82, 2.24) is 5.32 Å². The van der Waals surface area contributed by atoms with E-state index in [2.05, 4.69) is 28.8 Å². The van der Waals surface area contributed by atoms with Gasteiger partial charge in [-0.1, -0.05) is 42.5 Å². The lowest BCUT2D eigenvalue weighted by molar-refractivity contribution is -0.929. The molecule has 142 valence electrons. The number of hydrogen-bond donors (Lipinski definition) is 3. The fraction of sp³-hybridized carbons (Fsp3) is 0.364. The van der Waals surface area contributed by atoms with E-state index in [0.29, 0.717) is 0 Å². The van der Waals surface area contributed by atoms with E-state index in [1.807, 2.05) is 45.0 Å². The molecule has 1 aliphatic rings. The fourth-order valence-corrected chi connectivity index (χ4v) is 3.67. The first-order valence-corrected chi connectivity index (χ1v) is 9.51. The van der Waals surface area contributed by atoms with Crippen LogP contribution in [0.3, 0.4) is 0 Å². The molecule has 0 spiro atoms. The lowest BCUT2D eigenvalue weighted by Crippen LogP contribution is -3.16. The van der Waals surface area contributed by atoms with Crippen LogP contribution in [-0.2, 0) is 22.6 Å². The van der Waals surface area contributed by atoms with Gasteiger partial charge < -0.3 is 15.5 Å². The van der Waals surface area contributed by atoms with Gasteiger partial charge in [0.25, 0.3) is 5.91 Å². The highest BCUT2D eigenvalue weighted by Crippen LogP contribution is 2.19. The van der Waals surface area contributed by atoms with Gasteiger partial charge in [0.05, 0.1) is 13.1 Å². The summed E-state index contributed by atoms with van der Waals surface area (Å²) in [5.74, 6) is -0.284. The third-order valence-electron chi connectivity index (χ3n) is 5.43. The Morgan fingerprint density at radius 1 is 1.04 bits per heavy atom. The molecule has 0 aromatic heterocycles. The number of hydrogen-bond acceptors (Lipinski definition) is 2. The molecule has 2 aromatic rings. The number of para-hydroxylation sites is 1. The normalized spacial score (nSPS) is 16.9. The molecular weight excluding hydrogens is 338 g/mol. The Hall–Kier alpha value is -2.66. The van der Waals surface area contributed by atoms with Gasteiger partial charge in [-0.3, -0.25) is 9.59 Å². The minimum Gasteiger partial charge on any atom is -0.342 e. The van der Waals surface area contributed by atoms with Gasteiger partial charge in [-0.25, -0.2) is 0 Å². The molecule has 1 aliphatic heterocycles. The van der Waals surface area contributed by atoms with Crippen molar-refractivity contribution in [2.24, 2.45) is 0 Å². The summed E-state index contributed by atoms with van der Waals surface area (Å²) in [6, 6.07) is 14.1. The van der Waals surface area contributed by atoms with E-state index in [9.17, 15) is 9.59 Å². The summed E-state index contributed by atoms with van der Waals surface area (Å²) >= 11 is 0. The van der Waals surface area contributed by atoms with Crippen molar-refractivity contribution in [3.8, 4) is 0 Å². The van der Waals surface area contributed by atoms with Crippen LogP contribution in [0.15, 0.2) is 42.5 Å². The zero-order valence-electron chi connectivity index (χ0n) is 16.3. The van der Waals surface area contributed by atoms with E-state index >= 15 is 0 Å². The second-order valence-corrected chi connectivity index (χ2v) is 7.36. The molecule has 0 fully saturated rings. The van der Waals surface area contributed by atoms with Crippen LogP contribution in [0.5, 0.6) is 0 Å². The number of aryl methyl sites for hydroxylation is 2. The first kappa shape index (κ1) is 19.1. The number of fused-ring (bicyclic) bond motifs is 1. The quantitative estimate of drug-likeness (QED) is 0.749. The maximum atomic E-state index is 12.5. The number of carbonyl (C=O) groups excluding carboxylic acids is 2. The van der Waals surface area contributed by atoms with Crippen LogP contribution < -0.4 is 15.5 Å². The number of rotatable bonds is 5. The molecule has 0 saturated carbocycles. The zero-order valence-corrected chi connectivity index (χ0v) is 16.3. The van der Waals surface area contributed by atoms with Crippen LogP contribution in [0, 0.1) is 13.8 Å². The summed E-state index contributed by atoms with van der Waals surface area (Å²) in [5.41, 5.74) is 5.54. The maximum absolute atomic E-state index is 12.5. The Balaban J connectivity index is 1.52. The summed E-state index contributed by atoms with van der Waals surface area (Å²) in [5, 5.41) is 5.70. The topological polar surface area (TPSA) is 62.6 Å². The van der Waals surface area contributed by atoms with Crippen LogP contribution in [0.25, 0.3) is 0 Å². The molecule has 0 aliphatic carbocycles. The smallest absolute Gasteiger partial charge is 0.278 e. The molecule has 27 heavy (non-hydrogen) atoms. The zero-order chi connectivity index (χ0) is 19.4. The standard InChI is InChI=1S/C22H27N3O2/c1-15-7-6-8-16(2)21(15)24-20(26)13-23-22(27)17(3)25-12-11-18-9-4-5-10-19(18)14-25/h4-10,17H,11-14H2,1-3H3,(H,23,27)(H,24,26)/p+1/t17-/m0/s1. The predicted octanol–water partition coefficient (Wildman–Crippen LogP) is 1.39. The first-order chi connectivity index (χ1) is 13.0. The van der Waals surface area contributed by atoms with Crippen molar-refractivity contribution < 1.29 is 14.5 Å². The van der Waals surface area contributed by atoms with Crippen molar-refractivity contribution in [1.29, 1.82) is 0 Å². The first-order valence-electron chi connectivity index (χ1n) is 9.51. The summed E-state index contributed by atoms with van der Waals surface area (Å²) < 4.78 is 0. The maximum Gasteiger partial charge on any atom is 0.278 e. The van der Waals surface area contributed by atoms with E-state index < -0.39 is 0 Å². The number of carbonyl (C=O) groups is 2. The van der Waals surface area contributed by atoms with Gasteiger partial charge in [0.2, 0.25) is 5.91 Å². The van der Waals surface area contributed by atoms with Crippen molar-refractivity contribution in [2.75, 3.05) is 18.4 Å². The molecule has 3 N–H and O–H groups in total. The molecule has 0 saturated heterocycles. The molecule has 2 amide bonds. The van der Waals surface area contributed by atoms with Crippen molar-refractivity contribution in [3.05, 3.63) is 64.7 Å². The van der Waals surface area contributed by atoms with Crippen LogP contribution in [0.4, 0.5) is 5.69 Å². The number of amides is 2. The molecule has 5 nitrogen and oxygen atoms in total. The Bertz CT molecular complexity index is 827. The molecule has 1 unspecified atom stereocenters. The lowest BCUT2D eigenvalue weighted by Gasteiger charge is -2.30. The van der Waals surface area contributed by atoms with Crippen molar-refractivity contribution >= 4 is 17.5 Å². The van der Waals surface area contributed by atoms with Gasteiger partial charge in [0, 0.05) is 17.7 Å². The van der Waals surface area contributed by atoms with Gasteiger partial charge >= 0.3 is 0 Å². The van der Waals surface area contributed by atoms with Crippen molar-refractivity contribution in [2.45, 2.75) is 39.8 Å². The minimum absolute atomic E-state index is 0.0131. The van der Waals surface area contributed by atoms with Gasteiger partial charge in [-0.2, -0.15) is 0 Å². The van der Waals surface area contributed by atoms with Gasteiger partial charge in [-0.05, 0) is 37.5 Å². The van der Waals surface area contributed by atoms with E-state index in [-0.39, 0.29) is 24.4 Å². The highest BCUT2D eigenvalue weighted by atomic mass is 16.2. The van der Waals surface area contributed by atoms with E-state index in [4.69, 9.17) is 0 Å². The van der Waals surface area contributed by atoms with E-state index in [1.165, 1.54) is 16.0 Å². The molecular formula is C22H28N3O2+. The highest BCUT2D eigenvalue weighted by molar-refractivity contribution is 5.96. The van der Waals surface area contributed by atoms with Crippen LogP contribution in [0.2, 0.25) is 0 Å². The molecule has 0 radical (unpaired) electrons. The second kappa shape index (κ2) is 8.35. The predicted molar refractivity (Wildman–Crippen MR) is 107 cm³/mol. The number of quaternary nitrogens is 1. The summed E-state index contributed by atoms with van der Waals surface area (Å²) in [7, 11) is 0. The monoisotopic (exact) mass is 366 g/mol. The molecule has 3 rings (SSSR count). The highest BCUT2D eigenvalue weighted by Gasteiger charge is 2.28. The number of benzene rings is 2. The van der Waals surface area contributed by atoms with Crippen LogP contribution >= 0.6 is 0 Å². The minimum atomic E-state index is -0.202. The Morgan fingerprint density at radius 2 is 1.70 bits per heavy atom. The van der Waals surface area contributed by atoms with Gasteiger partial charge in [0.1, 0.15) is 6.54 Å². The van der Waals surface area contributed by atoms with Crippen LogP contribution in [-0.4, -0.2) is 30.9 Å².